The van der Waals surface area contributed by atoms with Gasteiger partial charge in [-0.15, -0.1) is 0 Å². The lowest BCUT2D eigenvalue weighted by atomic mass is 10.3. The summed E-state index contributed by atoms with van der Waals surface area (Å²) in [7, 11) is 0. The Morgan fingerprint density at radius 3 is 2.44 bits per heavy atom. The fourth-order valence-corrected chi connectivity index (χ4v) is 2.36. The Kier molecular flexibility index (Phi) is 5.88. The van der Waals surface area contributed by atoms with Gasteiger partial charge in [0.25, 0.3) is 11.6 Å². The Balaban J connectivity index is 2.06. The molecule has 9 nitrogen and oxygen atoms in total. The second-order valence-electron chi connectivity index (χ2n) is 4.63. The van der Waals surface area contributed by atoms with E-state index < -0.39 is 22.4 Å². The first-order valence-electron chi connectivity index (χ1n) is 6.58. The number of amides is 1. The number of ether oxygens (including phenoxy) is 1. The van der Waals surface area contributed by atoms with Crippen LogP contribution in [0.25, 0.3) is 0 Å². The molecule has 1 amide bonds. The van der Waals surface area contributed by atoms with Crippen molar-refractivity contribution >= 4 is 50.5 Å². The van der Waals surface area contributed by atoms with Gasteiger partial charge in [0.05, 0.1) is 9.85 Å². The van der Waals surface area contributed by atoms with E-state index in [9.17, 15) is 25.0 Å². The Morgan fingerprint density at radius 1 is 1.12 bits per heavy atom. The van der Waals surface area contributed by atoms with Gasteiger partial charge in [-0.3, -0.25) is 25.0 Å². The average Bonchev–Trinajstić information content (AvgIpc) is 2.55. The third-order valence-electron chi connectivity index (χ3n) is 2.90. The molecule has 25 heavy (non-hydrogen) atoms. The monoisotopic (exact) mass is 429 g/mol. The second kappa shape index (κ2) is 7.90. The zero-order chi connectivity index (χ0) is 18.6. The molecule has 0 unspecified atom stereocenters. The summed E-state index contributed by atoms with van der Waals surface area (Å²) in [6.07, 6.45) is 0. The van der Waals surface area contributed by atoms with Gasteiger partial charge in [-0.2, -0.15) is 0 Å². The van der Waals surface area contributed by atoms with E-state index in [0.29, 0.717) is 4.47 Å². The molecule has 0 spiro atoms. The Labute approximate surface area is 154 Å². The molecule has 0 aliphatic rings. The van der Waals surface area contributed by atoms with Gasteiger partial charge in [0.1, 0.15) is 5.02 Å². The third-order valence-corrected chi connectivity index (χ3v) is 3.72. The summed E-state index contributed by atoms with van der Waals surface area (Å²) >= 11 is 8.79. The minimum atomic E-state index is -0.681. The number of halogens is 2. The van der Waals surface area contributed by atoms with Crippen molar-refractivity contribution in [3.8, 4) is 5.75 Å². The zero-order valence-electron chi connectivity index (χ0n) is 12.3. The van der Waals surface area contributed by atoms with Crippen LogP contribution in [-0.4, -0.2) is 22.4 Å². The first kappa shape index (κ1) is 18.6. The topological polar surface area (TPSA) is 125 Å². The molecule has 0 saturated carbocycles. The summed E-state index contributed by atoms with van der Waals surface area (Å²) in [5.74, 6) is -0.723. The number of benzene rings is 2. The van der Waals surface area contributed by atoms with Crippen LogP contribution < -0.4 is 10.1 Å². The molecule has 0 bridgehead atoms. The lowest BCUT2D eigenvalue weighted by Crippen LogP contribution is -2.20. The number of hydrogen-bond donors (Lipinski definition) is 1. The highest BCUT2D eigenvalue weighted by Gasteiger charge is 2.18. The van der Waals surface area contributed by atoms with Crippen molar-refractivity contribution < 1.29 is 19.4 Å². The summed E-state index contributed by atoms with van der Waals surface area (Å²) in [5.41, 5.74) is -0.511. The number of nitro benzene ring substituents is 2. The van der Waals surface area contributed by atoms with Gasteiger partial charge in [-0.25, -0.2) is 0 Å². The van der Waals surface area contributed by atoms with Crippen LogP contribution in [0.2, 0.25) is 5.02 Å². The Bertz CT molecular complexity index is 860. The van der Waals surface area contributed by atoms with Crippen LogP contribution in [0.5, 0.6) is 5.75 Å². The van der Waals surface area contributed by atoms with Crippen molar-refractivity contribution in [3.05, 3.63) is 66.1 Å². The van der Waals surface area contributed by atoms with Crippen LogP contribution in [0.1, 0.15) is 0 Å². The predicted octanol–water partition coefficient (Wildman–Crippen LogP) is 3.94. The van der Waals surface area contributed by atoms with Gasteiger partial charge in [0, 0.05) is 22.3 Å². The van der Waals surface area contributed by atoms with Crippen molar-refractivity contribution in [2.45, 2.75) is 0 Å². The molecule has 0 aromatic heterocycles. The summed E-state index contributed by atoms with van der Waals surface area (Å²) in [5, 5.41) is 24.1. The normalized spacial score (nSPS) is 10.2. The van der Waals surface area contributed by atoms with E-state index in [1.165, 1.54) is 30.3 Å². The minimum absolute atomic E-state index is 0.0651. The molecule has 2 aromatic carbocycles. The molecule has 11 heteroatoms. The number of hydrogen-bond acceptors (Lipinski definition) is 6. The smallest absolute Gasteiger partial charge is 0.312 e. The average molecular weight is 431 g/mol. The lowest BCUT2D eigenvalue weighted by Gasteiger charge is -2.08. The quantitative estimate of drug-likeness (QED) is 0.547. The van der Waals surface area contributed by atoms with E-state index >= 15 is 0 Å². The Hall–Kier alpha value is -2.72. The zero-order valence-corrected chi connectivity index (χ0v) is 14.6. The summed E-state index contributed by atoms with van der Waals surface area (Å²) in [4.78, 5) is 32.3. The van der Waals surface area contributed by atoms with Gasteiger partial charge in [0.15, 0.2) is 12.4 Å². The number of nitrogens with one attached hydrogen (secondary N) is 1. The van der Waals surface area contributed by atoms with Crippen molar-refractivity contribution in [1.29, 1.82) is 0 Å². The molecule has 0 saturated heterocycles. The van der Waals surface area contributed by atoms with E-state index in [1.54, 1.807) is 0 Å². The van der Waals surface area contributed by atoms with Crippen molar-refractivity contribution in [3.63, 3.8) is 0 Å². The number of rotatable bonds is 6. The second-order valence-corrected chi connectivity index (χ2v) is 5.95. The van der Waals surface area contributed by atoms with Gasteiger partial charge in [-0.1, -0.05) is 27.5 Å². The predicted molar refractivity (Wildman–Crippen MR) is 93.0 cm³/mol. The maximum absolute atomic E-state index is 11.9. The standard InChI is InChI=1S/C14H9BrClN3O6/c15-8-1-4-13(12(5-8)19(23)24)25-7-14(20)17-9-2-3-10(16)11(6-9)18(21)22/h1-6H,7H2,(H,17,20). The molecular weight excluding hydrogens is 422 g/mol. The highest BCUT2D eigenvalue weighted by molar-refractivity contribution is 9.10. The highest BCUT2D eigenvalue weighted by Crippen LogP contribution is 2.30. The van der Waals surface area contributed by atoms with Crippen LogP contribution in [-0.2, 0) is 4.79 Å². The molecule has 2 rings (SSSR count). The van der Waals surface area contributed by atoms with Crippen molar-refractivity contribution in [1.82, 2.24) is 0 Å². The number of carbonyl (C=O) groups excluding carboxylic acids is 1. The molecule has 0 atom stereocenters. The third kappa shape index (κ3) is 4.88. The maximum atomic E-state index is 11.9. The van der Waals surface area contributed by atoms with Crippen LogP contribution in [0.15, 0.2) is 40.9 Å². The van der Waals surface area contributed by atoms with Crippen LogP contribution in [0, 0.1) is 20.2 Å². The molecule has 0 radical (unpaired) electrons. The molecule has 0 aliphatic heterocycles. The van der Waals surface area contributed by atoms with E-state index in [1.807, 2.05) is 0 Å². The fourth-order valence-electron chi connectivity index (χ4n) is 1.83. The van der Waals surface area contributed by atoms with Gasteiger partial charge < -0.3 is 10.1 Å². The highest BCUT2D eigenvalue weighted by atomic mass is 79.9. The van der Waals surface area contributed by atoms with E-state index in [-0.39, 0.29) is 27.8 Å². The van der Waals surface area contributed by atoms with Gasteiger partial charge in [0.2, 0.25) is 0 Å². The van der Waals surface area contributed by atoms with Gasteiger partial charge >= 0.3 is 5.69 Å². The lowest BCUT2D eigenvalue weighted by molar-refractivity contribution is -0.385. The van der Waals surface area contributed by atoms with Crippen molar-refractivity contribution in [2.75, 3.05) is 11.9 Å². The molecule has 0 aliphatic carbocycles. The number of nitro groups is 2. The van der Waals surface area contributed by atoms with Crippen LogP contribution >= 0.6 is 27.5 Å². The molecular formula is C14H9BrClN3O6. The largest absolute Gasteiger partial charge is 0.477 e. The first-order valence-corrected chi connectivity index (χ1v) is 7.75. The Morgan fingerprint density at radius 2 is 1.80 bits per heavy atom. The molecule has 2 aromatic rings. The van der Waals surface area contributed by atoms with E-state index in [0.717, 1.165) is 6.07 Å². The minimum Gasteiger partial charge on any atom is -0.477 e. The molecule has 1 N–H and O–H groups in total. The van der Waals surface area contributed by atoms with Crippen LogP contribution in [0.3, 0.4) is 0 Å². The molecule has 130 valence electrons. The summed E-state index contributed by atoms with van der Waals surface area (Å²) in [6.45, 7) is -0.515. The maximum Gasteiger partial charge on any atom is 0.312 e. The number of nitrogens with zero attached hydrogens (tertiary/aromatic N) is 2. The summed E-state index contributed by atoms with van der Waals surface area (Å²) in [6, 6.07) is 7.88. The van der Waals surface area contributed by atoms with Crippen LogP contribution in [0.4, 0.5) is 17.1 Å². The summed E-state index contributed by atoms with van der Waals surface area (Å²) < 4.78 is 5.64. The molecule has 0 fully saturated rings. The van der Waals surface area contributed by atoms with Gasteiger partial charge in [-0.05, 0) is 24.3 Å². The number of anilines is 1. The van der Waals surface area contributed by atoms with E-state index in [4.69, 9.17) is 16.3 Å². The fraction of sp³-hybridized carbons (Fsp3) is 0.0714. The first-order chi connectivity index (χ1) is 11.8. The van der Waals surface area contributed by atoms with E-state index in [2.05, 4.69) is 21.2 Å². The SMILES string of the molecule is O=C(COc1ccc(Br)cc1[N+](=O)[O-])Nc1ccc(Cl)c([N+](=O)[O-])c1. The van der Waals surface area contributed by atoms with Crippen molar-refractivity contribution in [2.24, 2.45) is 0 Å². The molecule has 0 heterocycles. The number of carbonyl (C=O) groups is 1.